The summed E-state index contributed by atoms with van der Waals surface area (Å²) in [6, 6.07) is 0.698. The van der Waals surface area contributed by atoms with Gasteiger partial charge in [-0.05, 0) is 51.0 Å². The fraction of sp³-hybridized carbons (Fsp3) is 1.00. The average molecular weight is 183 g/mol. The van der Waals surface area contributed by atoms with Gasteiger partial charge in [0.05, 0.1) is 6.10 Å². The molecule has 0 bridgehead atoms. The van der Waals surface area contributed by atoms with Gasteiger partial charge in [0.15, 0.2) is 0 Å². The smallest absolute Gasteiger partial charge is 0.0541 e. The Morgan fingerprint density at radius 2 is 1.69 bits per heavy atom. The van der Waals surface area contributed by atoms with Crippen molar-refractivity contribution >= 4 is 0 Å². The third-order valence-electron chi connectivity index (χ3n) is 3.62. The highest BCUT2D eigenvalue weighted by Gasteiger charge is 2.22. The van der Waals surface area contributed by atoms with Gasteiger partial charge in [0.1, 0.15) is 0 Å². The van der Waals surface area contributed by atoms with Crippen LogP contribution >= 0.6 is 0 Å². The summed E-state index contributed by atoms with van der Waals surface area (Å²) in [5, 5.41) is 13.0. The van der Waals surface area contributed by atoms with Crippen LogP contribution in [0.4, 0.5) is 0 Å². The van der Waals surface area contributed by atoms with Gasteiger partial charge in [-0.1, -0.05) is 6.42 Å². The van der Waals surface area contributed by atoms with E-state index in [9.17, 15) is 5.11 Å². The van der Waals surface area contributed by atoms with E-state index in [2.05, 4.69) is 5.32 Å². The van der Waals surface area contributed by atoms with Gasteiger partial charge in [0, 0.05) is 6.04 Å². The lowest BCUT2D eigenvalue weighted by Crippen LogP contribution is -2.38. The number of nitrogens with one attached hydrogen (secondary N) is 1. The van der Waals surface area contributed by atoms with Crippen molar-refractivity contribution in [1.82, 2.24) is 5.32 Å². The van der Waals surface area contributed by atoms with Crippen LogP contribution in [0.25, 0.3) is 0 Å². The van der Waals surface area contributed by atoms with Crippen LogP contribution in [0.1, 0.15) is 44.9 Å². The molecular formula is C11H21NO. The number of aliphatic hydroxyl groups excluding tert-OH is 1. The summed E-state index contributed by atoms with van der Waals surface area (Å²) in [5.41, 5.74) is 0. The third-order valence-corrected chi connectivity index (χ3v) is 3.62. The molecule has 13 heavy (non-hydrogen) atoms. The molecule has 0 aliphatic heterocycles. The Morgan fingerprint density at radius 1 is 1.00 bits per heavy atom. The molecule has 0 saturated heterocycles. The Labute approximate surface area is 80.7 Å². The normalized spacial score (nSPS) is 35.8. The lowest BCUT2D eigenvalue weighted by Gasteiger charge is -2.31. The van der Waals surface area contributed by atoms with E-state index in [1.807, 2.05) is 0 Å². The molecular weight excluding hydrogens is 162 g/mol. The summed E-state index contributed by atoms with van der Waals surface area (Å²) in [5.74, 6) is 0.965. The van der Waals surface area contributed by atoms with Crippen LogP contribution in [0.15, 0.2) is 0 Å². The van der Waals surface area contributed by atoms with E-state index in [1.165, 1.54) is 38.6 Å². The first-order valence-electron chi connectivity index (χ1n) is 5.76. The summed E-state index contributed by atoms with van der Waals surface area (Å²) in [6.45, 7) is 1.22. The summed E-state index contributed by atoms with van der Waals surface area (Å²) in [7, 11) is 0. The monoisotopic (exact) mass is 183 g/mol. The van der Waals surface area contributed by atoms with Crippen molar-refractivity contribution in [2.24, 2.45) is 5.92 Å². The average Bonchev–Trinajstić information content (AvgIpc) is 2.05. The minimum Gasteiger partial charge on any atom is -0.393 e. The summed E-state index contributed by atoms with van der Waals surface area (Å²) >= 11 is 0. The van der Waals surface area contributed by atoms with Crippen LogP contribution in [0, 0.1) is 5.92 Å². The molecule has 0 unspecified atom stereocenters. The molecule has 2 rings (SSSR count). The molecule has 2 aliphatic rings. The maximum absolute atomic E-state index is 9.33. The van der Waals surface area contributed by atoms with E-state index >= 15 is 0 Å². The van der Waals surface area contributed by atoms with E-state index in [4.69, 9.17) is 0 Å². The van der Waals surface area contributed by atoms with Crippen molar-refractivity contribution in [3.63, 3.8) is 0 Å². The van der Waals surface area contributed by atoms with Gasteiger partial charge in [0.2, 0.25) is 0 Å². The maximum Gasteiger partial charge on any atom is 0.0541 e. The predicted octanol–water partition coefficient (Wildman–Crippen LogP) is 1.68. The van der Waals surface area contributed by atoms with Crippen molar-refractivity contribution in [2.75, 3.05) is 6.54 Å². The van der Waals surface area contributed by atoms with Gasteiger partial charge in [-0.15, -0.1) is 0 Å². The Bertz CT molecular complexity index is 148. The zero-order chi connectivity index (χ0) is 9.10. The van der Waals surface area contributed by atoms with Gasteiger partial charge >= 0.3 is 0 Å². The Hall–Kier alpha value is -0.0800. The van der Waals surface area contributed by atoms with Gasteiger partial charge in [0.25, 0.3) is 0 Å². The van der Waals surface area contributed by atoms with Crippen molar-refractivity contribution in [3.8, 4) is 0 Å². The second-order valence-electron chi connectivity index (χ2n) is 4.71. The highest BCUT2D eigenvalue weighted by atomic mass is 16.3. The first-order chi connectivity index (χ1) is 6.34. The second kappa shape index (κ2) is 4.43. The summed E-state index contributed by atoms with van der Waals surface area (Å²) in [6.07, 6.45) is 8.65. The molecule has 2 N–H and O–H groups in total. The minimum atomic E-state index is -0.0123. The lowest BCUT2D eigenvalue weighted by atomic mass is 9.84. The zero-order valence-electron chi connectivity index (χ0n) is 8.34. The number of rotatable bonds is 3. The molecule has 0 spiro atoms. The van der Waals surface area contributed by atoms with Crippen molar-refractivity contribution in [3.05, 3.63) is 0 Å². The SMILES string of the molecule is OC1CCC(NCC2CCC2)CC1. The highest BCUT2D eigenvalue weighted by molar-refractivity contribution is 4.79. The molecule has 2 saturated carbocycles. The number of hydrogen-bond donors (Lipinski definition) is 2. The molecule has 0 aromatic heterocycles. The molecule has 0 amide bonds. The van der Waals surface area contributed by atoms with Crippen molar-refractivity contribution in [1.29, 1.82) is 0 Å². The Balaban J connectivity index is 1.59. The van der Waals surface area contributed by atoms with E-state index in [0.717, 1.165) is 18.8 Å². The summed E-state index contributed by atoms with van der Waals surface area (Å²) < 4.78 is 0. The predicted molar refractivity (Wildman–Crippen MR) is 53.6 cm³/mol. The Morgan fingerprint density at radius 3 is 2.23 bits per heavy atom. The maximum atomic E-state index is 9.33. The van der Waals surface area contributed by atoms with Crippen LogP contribution in [0.2, 0.25) is 0 Å². The fourth-order valence-corrected chi connectivity index (χ4v) is 2.31. The molecule has 2 fully saturated rings. The molecule has 0 heterocycles. The largest absolute Gasteiger partial charge is 0.393 e. The second-order valence-corrected chi connectivity index (χ2v) is 4.71. The van der Waals surface area contributed by atoms with Crippen LogP contribution in [-0.2, 0) is 0 Å². The molecule has 0 atom stereocenters. The zero-order valence-corrected chi connectivity index (χ0v) is 8.34. The lowest BCUT2D eigenvalue weighted by molar-refractivity contribution is 0.114. The first-order valence-corrected chi connectivity index (χ1v) is 5.76. The molecule has 0 aromatic rings. The molecule has 0 radical (unpaired) electrons. The molecule has 76 valence electrons. The summed E-state index contributed by atoms with van der Waals surface area (Å²) in [4.78, 5) is 0. The third kappa shape index (κ3) is 2.68. The fourth-order valence-electron chi connectivity index (χ4n) is 2.31. The topological polar surface area (TPSA) is 32.3 Å². The van der Waals surface area contributed by atoms with Crippen LogP contribution < -0.4 is 5.32 Å². The number of hydrogen-bond acceptors (Lipinski definition) is 2. The first kappa shape index (κ1) is 9.47. The van der Waals surface area contributed by atoms with E-state index < -0.39 is 0 Å². The molecule has 0 aromatic carbocycles. The van der Waals surface area contributed by atoms with Crippen molar-refractivity contribution in [2.45, 2.75) is 57.1 Å². The standard InChI is InChI=1S/C11H21NO/c13-11-6-4-10(5-7-11)12-8-9-2-1-3-9/h9-13H,1-8H2. The Kier molecular flexibility index (Phi) is 3.23. The molecule has 2 aliphatic carbocycles. The quantitative estimate of drug-likeness (QED) is 0.697. The minimum absolute atomic E-state index is 0.0123. The van der Waals surface area contributed by atoms with Gasteiger partial charge in [-0.3, -0.25) is 0 Å². The van der Waals surface area contributed by atoms with Crippen LogP contribution in [0.5, 0.6) is 0 Å². The van der Waals surface area contributed by atoms with Crippen molar-refractivity contribution < 1.29 is 5.11 Å². The van der Waals surface area contributed by atoms with E-state index in [-0.39, 0.29) is 6.10 Å². The van der Waals surface area contributed by atoms with Crippen LogP contribution in [0.3, 0.4) is 0 Å². The van der Waals surface area contributed by atoms with Gasteiger partial charge in [-0.2, -0.15) is 0 Å². The molecule has 2 heteroatoms. The van der Waals surface area contributed by atoms with E-state index in [0.29, 0.717) is 6.04 Å². The van der Waals surface area contributed by atoms with Crippen LogP contribution in [-0.4, -0.2) is 23.8 Å². The van der Waals surface area contributed by atoms with E-state index in [1.54, 1.807) is 0 Å². The molecule has 2 nitrogen and oxygen atoms in total. The van der Waals surface area contributed by atoms with Gasteiger partial charge < -0.3 is 10.4 Å². The number of aliphatic hydroxyl groups is 1. The highest BCUT2D eigenvalue weighted by Crippen LogP contribution is 2.26. The van der Waals surface area contributed by atoms with Gasteiger partial charge in [-0.25, -0.2) is 0 Å².